The maximum Gasteiger partial charge on any atom is 0.123 e. The van der Waals surface area contributed by atoms with Crippen molar-refractivity contribution in [3.05, 3.63) is 23.8 Å². The number of nitrogens with one attached hydrogen (secondary N) is 1. The molecule has 0 bridgehead atoms. The molecule has 1 saturated carbocycles. The number of benzene rings is 1. The highest BCUT2D eigenvalue weighted by atomic mass is 16.5. The molecule has 1 aromatic rings. The van der Waals surface area contributed by atoms with Gasteiger partial charge in [0.25, 0.3) is 0 Å². The van der Waals surface area contributed by atoms with Gasteiger partial charge in [-0.05, 0) is 37.6 Å². The molecule has 1 aromatic carbocycles. The molecule has 0 radical (unpaired) electrons. The second-order valence-electron chi connectivity index (χ2n) is 5.21. The molecule has 0 aliphatic heterocycles. The van der Waals surface area contributed by atoms with Gasteiger partial charge < -0.3 is 14.8 Å². The Morgan fingerprint density at radius 3 is 2.65 bits per heavy atom. The third-order valence-electron chi connectivity index (χ3n) is 3.85. The molecule has 20 heavy (non-hydrogen) atoms. The molecule has 1 fully saturated rings. The maximum absolute atomic E-state index is 5.39. The molecule has 112 valence electrons. The molecule has 4 nitrogen and oxygen atoms in total. The number of likely N-dealkylation sites (N-methyl/N-ethyl adjacent to an activating group) is 1. The lowest BCUT2D eigenvalue weighted by atomic mass is 10.2. The van der Waals surface area contributed by atoms with E-state index in [1.165, 1.54) is 12.8 Å². The van der Waals surface area contributed by atoms with Crippen LogP contribution in [-0.4, -0.2) is 44.8 Å². The second-order valence-corrected chi connectivity index (χ2v) is 5.21. The molecular formula is C16H26N2O2. The van der Waals surface area contributed by atoms with Crippen LogP contribution in [0.15, 0.2) is 18.2 Å². The van der Waals surface area contributed by atoms with Crippen LogP contribution < -0.4 is 14.8 Å². The average molecular weight is 278 g/mol. The van der Waals surface area contributed by atoms with Crippen molar-refractivity contribution >= 4 is 0 Å². The minimum atomic E-state index is 0.808. The highest BCUT2D eigenvalue weighted by Crippen LogP contribution is 2.26. The lowest BCUT2D eigenvalue weighted by molar-refractivity contribution is 0.276. The molecule has 4 heteroatoms. The molecule has 2 rings (SSSR count). The normalized spacial score (nSPS) is 14.6. The predicted molar refractivity (Wildman–Crippen MR) is 81.5 cm³/mol. The van der Waals surface area contributed by atoms with E-state index in [2.05, 4.69) is 17.1 Å². The largest absolute Gasteiger partial charge is 0.497 e. The van der Waals surface area contributed by atoms with E-state index in [-0.39, 0.29) is 0 Å². The third-order valence-corrected chi connectivity index (χ3v) is 3.85. The Bertz CT molecular complexity index is 419. The fourth-order valence-electron chi connectivity index (χ4n) is 2.50. The van der Waals surface area contributed by atoms with Crippen molar-refractivity contribution in [3.8, 4) is 11.5 Å². The summed E-state index contributed by atoms with van der Waals surface area (Å²) < 4.78 is 10.7. The number of rotatable bonds is 9. The van der Waals surface area contributed by atoms with Crippen molar-refractivity contribution in [3.63, 3.8) is 0 Å². The van der Waals surface area contributed by atoms with Crippen molar-refractivity contribution < 1.29 is 9.47 Å². The smallest absolute Gasteiger partial charge is 0.123 e. The topological polar surface area (TPSA) is 33.7 Å². The number of methoxy groups -OCH3 is 2. The summed E-state index contributed by atoms with van der Waals surface area (Å²) in [6.07, 6.45) is 2.75. The SMILES string of the molecule is CCN(CCNCc1cc(OC)ccc1OC)C1CC1. The van der Waals surface area contributed by atoms with Crippen molar-refractivity contribution in [2.24, 2.45) is 0 Å². The summed E-state index contributed by atoms with van der Waals surface area (Å²) >= 11 is 0. The zero-order valence-electron chi connectivity index (χ0n) is 12.8. The van der Waals surface area contributed by atoms with Crippen molar-refractivity contribution in [2.75, 3.05) is 33.9 Å². The number of ether oxygens (including phenoxy) is 2. The van der Waals surface area contributed by atoms with Crippen molar-refractivity contribution in [1.29, 1.82) is 0 Å². The molecule has 0 heterocycles. The number of hydrogen-bond acceptors (Lipinski definition) is 4. The highest BCUT2D eigenvalue weighted by molar-refractivity contribution is 5.40. The van der Waals surface area contributed by atoms with E-state index in [4.69, 9.17) is 9.47 Å². The lowest BCUT2D eigenvalue weighted by Gasteiger charge is -2.20. The van der Waals surface area contributed by atoms with Gasteiger partial charge in [-0.15, -0.1) is 0 Å². The molecule has 0 aromatic heterocycles. The van der Waals surface area contributed by atoms with Crippen LogP contribution in [0, 0.1) is 0 Å². The molecule has 0 unspecified atom stereocenters. The van der Waals surface area contributed by atoms with Crippen molar-refractivity contribution in [1.82, 2.24) is 10.2 Å². The van der Waals surface area contributed by atoms with Crippen LogP contribution in [0.2, 0.25) is 0 Å². The van der Waals surface area contributed by atoms with Crippen LogP contribution in [0.4, 0.5) is 0 Å². The first-order valence-corrected chi connectivity index (χ1v) is 7.44. The van der Waals surface area contributed by atoms with E-state index < -0.39 is 0 Å². The fourth-order valence-corrected chi connectivity index (χ4v) is 2.50. The Morgan fingerprint density at radius 2 is 2.05 bits per heavy atom. The zero-order valence-corrected chi connectivity index (χ0v) is 12.8. The average Bonchev–Trinajstić information content (AvgIpc) is 3.31. The molecular weight excluding hydrogens is 252 g/mol. The Balaban J connectivity index is 1.80. The summed E-state index contributed by atoms with van der Waals surface area (Å²) in [5.74, 6) is 1.78. The van der Waals surface area contributed by atoms with E-state index in [1.54, 1.807) is 14.2 Å². The van der Waals surface area contributed by atoms with Gasteiger partial charge in [-0.2, -0.15) is 0 Å². The van der Waals surface area contributed by atoms with Crippen LogP contribution in [0.5, 0.6) is 11.5 Å². The Kier molecular flexibility index (Phi) is 5.68. The van der Waals surface area contributed by atoms with Gasteiger partial charge in [0.1, 0.15) is 11.5 Å². The molecule has 1 N–H and O–H groups in total. The summed E-state index contributed by atoms with van der Waals surface area (Å²) in [4.78, 5) is 2.55. The fraction of sp³-hybridized carbons (Fsp3) is 0.625. The molecule has 0 spiro atoms. The van der Waals surface area contributed by atoms with Crippen LogP contribution >= 0.6 is 0 Å². The standard InChI is InChI=1S/C16H26N2O2/c1-4-18(14-5-6-14)10-9-17-12-13-11-15(19-2)7-8-16(13)20-3/h7-8,11,14,17H,4-6,9-10,12H2,1-3H3. The van der Waals surface area contributed by atoms with Gasteiger partial charge in [-0.1, -0.05) is 6.92 Å². The molecule has 0 atom stereocenters. The summed E-state index contributed by atoms with van der Waals surface area (Å²) in [5, 5.41) is 3.50. The summed E-state index contributed by atoms with van der Waals surface area (Å²) in [7, 11) is 3.39. The quantitative estimate of drug-likeness (QED) is 0.703. The van der Waals surface area contributed by atoms with E-state index in [0.29, 0.717) is 0 Å². The maximum atomic E-state index is 5.39. The Morgan fingerprint density at radius 1 is 1.25 bits per heavy atom. The second kappa shape index (κ2) is 7.50. The van der Waals surface area contributed by atoms with Gasteiger partial charge in [-0.3, -0.25) is 4.90 Å². The van der Waals surface area contributed by atoms with Crippen LogP contribution in [-0.2, 0) is 6.54 Å². The molecule has 0 amide bonds. The van der Waals surface area contributed by atoms with E-state index >= 15 is 0 Å². The summed E-state index contributed by atoms with van der Waals surface area (Å²) in [5.41, 5.74) is 1.14. The summed E-state index contributed by atoms with van der Waals surface area (Å²) in [6, 6.07) is 6.75. The Hall–Kier alpha value is -1.26. The monoisotopic (exact) mass is 278 g/mol. The number of nitrogens with zero attached hydrogens (tertiary/aromatic N) is 1. The first kappa shape index (κ1) is 15.1. The van der Waals surface area contributed by atoms with Crippen LogP contribution in [0.25, 0.3) is 0 Å². The van der Waals surface area contributed by atoms with Gasteiger partial charge >= 0.3 is 0 Å². The minimum Gasteiger partial charge on any atom is -0.497 e. The molecule has 1 aliphatic carbocycles. The van der Waals surface area contributed by atoms with Crippen LogP contribution in [0.3, 0.4) is 0 Å². The van der Waals surface area contributed by atoms with Gasteiger partial charge in [0, 0.05) is 31.2 Å². The van der Waals surface area contributed by atoms with E-state index in [9.17, 15) is 0 Å². The van der Waals surface area contributed by atoms with Gasteiger partial charge in [0.05, 0.1) is 14.2 Å². The van der Waals surface area contributed by atoms with Gasteiger partial charge in [0.2, 0.25) is 0 Å². The predicted octanol–water partition coefficient (Wildman–Crippen LogP) is 2.28. The highest BCUT2D eigenvalue weighted by Gasteiger charge is 2.26. The molecule has 0 saturated heterocycles. The summed E-state index contributed by atoms with van der Waals surface area (Å²) in [6.45, 7) is 6.32. The minimum absolute atomic E-state index is 0.808. The zero-order chi connectivity index (χ0) is 14.4. The third kappa shape index (κ3) is 4.12. The first-order chi connectivity index (χ1) is 9.78. The van der Waals surface area contributed by atoms with Crippen LogP contribution in [0.1, 0.15) is 25.3 Å². The van der Waals surface area contributed by atoms with E-state index in [1.807, 2.05) is 18.2 Å². The van der Waals surface area contributed by atoms with E-state index in [0.717, 1.165) is 49.3 Å². The van der Waals surface area contributed by atoms with Crippen molar-refractivity contribution in [2.45, 2.75) is 32.4 Å². The Labute approximate surface area is 122 Å². The van der Waals surface area contributed by atoms with Gasteiger partial charge in [-0.25, -0.2) is 0 Å². The molecule has 1 aliphatic rings. The number of hydrogen-bond donors (Lipinski definition) is 1. The lowest BCUT2D eigenvalue weighted by Crippen LogP contribution is -2.33. The van der Waals surface area contributed by atoms with Gasteiger partial charge in [0.15, 0.2) is 0 Å². The first-order valence-electron chi connectivity index (χ1n) is 7.44.